The van der Waals surface area contributed by atoms with Crippen LogP contribution in [0.25, 0.3) is 0 Å². The largest absolute Gasteiger partial charge is 0.383 e. The van der Waals surface area contributed by atoms with Crippen LogP contribution < -0.4 is 11.3 Å². The van der Waals surface area contributed by atoms with E-state index in [2.05, 4.69) is 63.4 Å². The van der Waals surface area contributed by atoms with Gasteiger partial charge in [0.05, 0.1) is 11.8 Å². The highest BCUT2D eigenvalue weighted by Gasteiger charge is 2.28. The predicted molar refractivity (Wildman–Crippen MR) is 123 cm³/mol. The number of carbonyl (C=O) groups is 1. The van der Waals surface area contributed by atoms with Crippen LogP contribution in [0.4, 0.5) is 5.82 Å². The Morgan fingerprint density at radius 3 is 2.13 bits per heavy atom. The number of hydrogen-bond donors (Lipinski definition) is 2. The number of H-pyrrole nitrogens is 1. The van der Waals surface area contributed by atoms with Crippen LogP contribution in [-0.4, -0.2) is 57.6 Å². The molecular formula is C23H25N5O2S. The van der Waals surface area contributed by atoms with Crippen LogP contribution in [0.1, 0.15) is 17.2 Å². The monoisotopic (exact) mass is 435 g/mol. The summed E-state index contributed by atoms with van der Waals surface area (Å²) in [6.45, 7) is 2.91. The molecule has 1 aliphatic heterocycles. The van der Waals surface area contributed by atoms with Crippen LogP contribution in [0.5, 0.6) is 0 Å². The Labute approximate surface area is 185 Å². The number of thioether (sulfide) groups is 1. The van der Waals surface area contributed by atoms with E-state index in [4.69, 9.17) is 5.73 Å². The Bertz CT molecular complexity index is 1030. The van der Waals surface area contributed by atoms with Crippen molar-refractivity contribution >= 4 is 23.5 Å². The first-order chi connectivity index (χ1) is 15.1. The number of anilines is 1. The Hall–Kier alpha value is -3.10. The summed E-state index contributed by atoms with van der Waals surface area (Å²) in [5, 5.41) is 0.366. The average Bonchev–Trinajstić information content (AvgIpc) is 2.79. The summed E-state index contributed by atoms with van der Waals surface area (Å²) in [6.07, 6.45) is 0. The lowest BCUT2D eigenvalue weighted by atomic mass is 9.96. The van der Waals surface area contributed by atoms with E-state index in [9.17, 15) is 9.59 Å². The number of piperazine rings is 1. The highest BCUT2D eigenvalue weighted by atomic mass is 32.2. The molecule has 2 heterocycles. The van der Waals surface area contributed by atoms with Gasteiger partial charge in [-0.1, -0.05) is 72.4 Å². The number of amides is 1. The molecule has 3 aromatic rings. The molecular weight excluding hydrogens is 410 g/mol. The van der Waals surface area contributed by atoms with Gasteiger partial charge in [0, 0.05) is 32.2 Å². The van der Waals surface area contributed by atoms with Crippen molar-refractivity contribution < 1.29 is 4.79 Å². The van der Waals surface area contributed by atoms with E-state index < -0.39 is 0 Å². The van der Waals surface area contributed by atoms with E-state index in [0.29, 0.717) is 18.2 Å². The molecule has 1 amide bonds. The molecule has 0 unspecified atom stereocenters. The maximum Gasteiger partial charge on any atom is 0.253 e. The van der Waals surface area contributed by atoms with E-state index in [0.717, 1.165) is 13.1 Å². The van der Waals surface area contributed by atoms with Gasteiger partial charge < -0.3 is 15.6 Å². The van der Waals surface area contributed by atoms with Gasteiger partial charge in [0.2, 0.25) is 5.91 Å². The number of aromatic nitrogens is 2. The molecule has 31 heavy (non-hydrogen) atoms. The van der Waals surface area contributed by atoms with Gasteiger partial charge in [-0.05, 0) is 11.1 Å². The molecule has 0 atom stereocenters. The van der Waals surface area contributed by atoms with Crippen LogP contribution >= 0.6 is 11.8 Å². The van der Waals surface area contributed by atoms with Gasteiger partial charge in [-0.15, -0.1) is 0 Å². The van der Waals surface area contributed by atoms with Gasteiger partial charge in [-0.3, -0.25) is 14.5 Å². The third-order valence-electron chi connectivity index (χ3n) is 5.33. The summed E-state index contributed by atoms with van der Waals surface area (Å²) in [5.41, 5.74) is 7.79. The minimum absolute atomic E-state index is 0.0331. The summed E-state index contributed by atoms with van der Waals surface area (Å²) in [4.78, 5) is 35.2. The number of aromatic amines is 1. The first kappa shape index (κ1) is 21.1. The molecule has 1 fully saturated rings. The Kier molecular flexibility index (Phi) is 6.69. The van der Waals surface area contributed by atoms with Crippen molar-refractivity contribution in [2.45, 2.75) is 11.2 Å². The molecule has 7 nitrogen and oxygen atoms in total. The Balaban J connectivity index is 1.39. The Morgan fingerprint density at radius 2 is 1.58 bits per heavy atom. The van der Waals surface area contributed by atoms with Crippen molar-refractivity contribution in [1.29, 1.82) is 0 Å². The fraction of sp³-hybridized carbons (Fsp3) is 0.261. The SMILES string of the molecule is Nc1cc(=O)[nH]c(SCC(=O)N2CCN(C(c3ccccc3)c3ccccc3)CC2)n1. The van der Waals surface area contributed by atoms with Gasteiger partial charge in [0.1, 0.15) is 5.82 Å². The molecule has 1 aliphatic rings. The molecule has 0 bridgehead atoms. The number of nitrogens with one attached hydrogen (secondary N) is 1. The standard InChI is InChI=1S/C23H25N5O2S/c24-19-15-20(29)26-23(25-19)31-16-21(30)27-11-13-28(14-12-27)22(17-7-3-1-4-8-17)18-9-5-2-6-10-18/h1-10,15,22H,11-14,16H2,(H3,24,25,26,29). The quantitative estimate of drug-likeness (QED) is 0.456. The van der Waals surface area contributed by atoms with E-state index in [1.165, 1.54) is 29.0 Å². The third kappa shape index (κ3) is 5.34. The second-order valence-electron chi connectivity index (χ2n) is 7.40. The van der Waals surface area contributed by atoms with Crippen molar-refractivity contribution in [3.63, 3.8) is 0 Å². The molecule has 0 spiro atoms. The summed E-state index contributed by atoms with van der Waals surface area (Å²) in [5.74, 6) is 0.401. The highest BCUT2D eigenvalue weighted by Crippen LogP contribution is 2.29. The fourth-order valence-electron chi connectivity index (χ4n) is 3.86. The number of carbonyl (C=O) groups excluding carboxylic acids is 1. The van der Waals surface area contributed by atoms with Crippen molar-refractivity contribution in [1.82, 2.24) is 19.8 Å². The summed E-state index contributed by atoms with van der Waals surface area (Å²) in [7, 11) is 0. The molecule has 0 saturated carbocycles. The number of hydrogen-bond acceptors (Lipinski definition) is 6. The van der Waals surface area contributed by atoms with Gasteiger partial charge in [0.15, 0.2) is 5.16 Å². The van der Waals surface area contributed by atoms with Gasteiger partial charge in [-0.25, -0.2) is 4.98 Å². The Morgan fingerprint density at radius 1 is 1.00 bits per heavy atom. The molecule has 160 valence electrons. The topological polar surface area (TPSA) is 95.3 Å². The molecule has 0 aliphatic carbocycles. The molecule has 0 radical (unpaired) electrons. The molecule has 4 rings (SSSR count). The number of nitrogen functional groups attached to an aromatic ring is 1. The van der Waals surface area contributed by atoms with Crippen LogP contribution in [0.2, 0.25) is 0 Å². The first-order valence-corrected chi connectivity index (χ1v) is 11.2. The zero-order valence-electron chi connectivity index (χ0n) is 17.1. The average molecular weight is 436 g/mol. The molecule has 1 saturated heterocycles. The third-order valence-corrected chi connectivity index (χ3v) is 6.19. The van der Waals surface area contributed by atoms with E-state index in [1.807, 2.05) is 17.0 Å². The van der Waals surface area contributed by atoms with Gasteiger partial charge in [-0.2, -0.15) is 0 Å². The molecule has 2 aromatic carbocycles. The van der Waals surface area contributed by atoms with E-state index in [-0.39, 0.29) is 29.1 Å². The predicted octanol–water partition coefficient (Wildman–Crippen LogP) is 2.38. The second-order valence-corrected chi connectivity index (χ2v) is 8.37. The summed E-state index contributed by atoms with van der Waals surface area (Å²) >= 11 is 1.20. The number of rotatable bonds is 6. The van der Waals surface area contributed by atoms with E-state index in [1.54, 1.807) is 0 Å². The lowest BCUT2D eigenvalue weighted by molar-refractivity contribution is -0.130. The van der Waals surface area contributed by atoms with Gasteiger partial charge in [0.25, 0.3) is 5.56 Å². The van der Waals surface area contributed by atoms with Crippen molar-refractivity contribution in [3.8, 4) is 0 Å². The minimum Gasteiger partial charge on any atom is -0.383 e. The summed E-state index contributed by atoms with van der Waals surface area (Å²) < 4.78 is 0. The lowest BCUT2D eigenvalue weighted by Gasteiger charge is -2.39. The normalized spacial score (nSPS) is 14.7. The number of benzene rings is 2. The lowest BCUT2D eigenvalue weighted by Crippen LogP contribution is -2.50. The maximum atomic E-state index is 12.7. The molecule has 1 aromatic heterocycles. The van der Waals surface area contributed by atoms with Crippen LogP contribution in [0, 0.1) is 0 Å². The van der Waals surface area contributed by atoms with Gasteiger partial charge >= 0.3 is 0 Å². The van der Waals surface area contributed by atoms with Crippen LogP contribution in [0.3, 0.4) is 0 Å². The van der Waals surface area contributed by atoms with E-state index >= 15 is 0 Å². The van der Waals surface area contributed by atoms with Crippen LogP contribution in [0.15, 0.2) is 76.7 Å². The summed E-state index contributed by atoms with van der Waals surface area (Å²) in [6, 6.07) is 22.3. The highest BCUT2D eigenvalue weighted by molar-refractivity contribution is 7.99. The number of nitrogens with zero attached hydrogens (tertiary/aromatic N) is 3. The maximum absolute atomic E-state index is 12.7. The number of nitrogens with two attached hydrogens (primary N) is 1. The first-order valence-electron chi connectivity index (χ1n) is 10.2. The molecule has 8 heteroatoms. The minimum atomic E-state index is -0.316. The molecule has 3 N–H and O–H groups in total. The van der Waals surface area contributed by atoms with Crippen molar-refractivity contribution in [3.05, 3.63) is 88.2 Å². The fourth-order valence-corrected chi connectivity index (χ4v) is 4.64. The zero-order chi connectivity index (χ0) is 21.6. The van der Waals surface area contributed by atoms with Crippen molar-refractivity contribution in [2.75, 3.05) is 37.7 Å². The van der Waals surface area contributed by atoms with Crippen LogP contribution in [-0.2, 0) is 4.79 Å². The second kappa shape index (κ2) is 9.80. The zero-order valence-corrected chi connectivity index (χ0v) is 17.9. The smallest absolute Gasteiger partial charge is 0.253 e. The van der Waals surface area contributed by atoms with Crippen molar-refractivity contribution in [2.24, 2.45) is 0 Å².